The van der Waals surface area contributed by atoms with E-state index in [1.165, 1.54) is 66.4 Å². The highest BCUT2D eigenvalue weighted by atomic mass is 15.0. The molecule has 6 aromatic rings. The van der Waals surface area contributed by atoms with Gasteiger partial charge in [-0.3, -0.25) is 0 Å². The van der Waals surface area contributed by atoms with E-state index in [2.05, 4.69) is 121 Å². The summed E-state index contributed by atoms with van der Waals surface area (Å²) >= 11 is 0. The predicted molar refractivity (Wildman–Crippen MR) is 136 cm³/mol. The topological polar surface area (TPSA) is 4.93 Å². The molecule has 154 valence electrons. The van der Waals surface area contributed by atoms with Crippen LogP contribution in [0, 0.1) is 6.92 Å². The molecule has 1 nitrogen and oxygen atoms in total. The zero-order chi connectivity index (χ0) is 21.7. The molecule has 1 aliphatic heterocycles. The van der Waals surface area contributed by atoms with Gasteiger partial charge in [-0.15, -0.1) is 0 Å². The van der Waals surface area contributed by atoms with E-state index < -0.39 is 0 Å². The van der Waals surface area contributed by atoms with Gasteiger partial charge in [-0.25, -0.2) is 0 Å². The Morgan fingerprint density at radius 1 is 0.545 bits per heavy atom. The highest BCUT2D eigenvalue weighted by Crippen LogP contribution is 2.61. The average Bonchev–Trinajstić information content (AvgIpc) is 3.36. The molecule has 8 rings (SSSR count). The van der Waals surface area contributed by atoms with Crippen molar-refractivity contribution in [1.29, 1.82) is 0 Å². The quantitative estimate of drug-likeness (QED) is 0.237. The predicted octanol–water partition coefficient (Wildman–Crippen LogP) is 7.77. The van der Waals surface area contributed by atoms with Crippen LogP contribution in [0.25, 0.3) is 38.6 Å². The van der Waals surface area contributed by atoms with E-state index in [1.54, 1.807) is 0 Å². The molecule has 1 atom stereocenters. The summed E-state index contributed by atoms with van der Waals surface area (Å²) in [6.07, 6.45) is 0. The van der Waals surface area contributed by atoms with Gasteiger partial charge in [-0.1, -0.05) is 97.1 Å². The molecule has 2 heterocycles. The number of aryl methyl sites for hydroxylation is 1. The molecular weight excluding hydrogens is 398 g/mol. The number of para-hydroxylation sites is 3. The van der Waals surface area contributed by atoms with Crippen LogP contribution in [0.3, 0.4) is 0 Å². The van der Waals surface area contributed by atoms with E-state index in [-0.39, 0.29) is 5.41 Å². The van der Waals surface area contributed by atoms with Gasteiger partial charge >= 0.3 is 0 Å². The maximum atomic E-state index is 2.50. The van der Waals surface area contributed by atoms with Crippen molar-refractivity contribution in [2.75, 3.05) is 0 Å². The van der Waals surface area contributed by atoms with Crippen molar-refractivity contribution in [3.05, 3.63) is 137 Å². The average molecular weight is 420 g/mol. The van der Waals surface area contributed by atoms with Gasteiger partial charge in [-0.2, -0.15) is 0 Å². The lowest BCUT2D eigenvalue weighted by molar-refractivity contribution is 0.743. The molecule has 0 N–H and O–H groups in total. The Morgan fingerprint density at radius 2 is 1.21 bits per heavy atom. The van der Waals surface area contributed by atoms with Gasteiger partial charge in [-0.05, 0) is 58.0 Å². The standard InChI is InChI=1S/C32H21N/c1-20-10-8-13-23-21-11-2-4-15-25(21)32(30(20)23)26-16-5-7-19-29(26)33-28-18-6-3-12-22(28)24-14-9-17-27(32)31(24)33/h2-19H,1H3. The lowest BCUT2D eigenvalue weighted by Crippen LogP contribution is -2.34. The molecule has 5 aromatic carbocycles. The molecule has 1 aromatic heterocycles. The van der Waals surface area contributed by atoms with Crippen molar-refractivity contribution in [2.24, 2.45) is 0 Å². The summed E-state index contributed by atoms with van der Waals surface area (Å²) in [7, 11) is 0. The summed E-state index contributed by atoms with van der Waals surface area (Å²) in [5, 5.41) is 2.65. The number of benzene rings is 5. The number of hydrogen-bond acceptors (Lipinski definition) is 0. The highest BCUT2D eigenvalue weighted by Gasteiger charge is 2.51. The normalized spacial score (nSPS) is 17.4. The van der Waals surface area contributed by atoms with Crippen LogP contribution < -0.4 is 0 Å². The summed E-state index contributed by atoms with van der Waals surface area (Å²) in [6, 6.07) is 40.6. The van der Waals surface area contributed by atoms with Crippen LogP contribution in [0.5, 0.6) is 0 Å². The second kappa shape index (κ2) is 5.82. The molecule has 0 saturated heterocycles. The molecule has 0 bridgehead atoms. The minimum atomic E-state index is -0.322. The third kappa shape index (κ3) is 1.84. The summed E-state index contributed by atoms with van der Waals surface area (Å²) in [6.45, 7) is 2.28. The number of rotatable bonds is 0. The summed E-state index contributed by atoms with van der Waals surface area (Å²) in [5.74, 6) is 0. The van der Waals surface area contributed by atoms with Crippen molar-refractivity contribution in [2.45, 2.75) is 12.3 Å². The van der Waals surface area contributed by atoms with E-state index in [4.69, 9.17) is 0 Å². The molecule has 0 radical (unpaired) electrons. The van der Waals surface area contributed by atoms with Gasteiger partial charge < -0.3 is 4.57 Å². The SMILES string of the molecule is Cc1cccc2c1C1(c3ccccc3-2)c2ccccc2-n2c3ccccc3c3cccc1c32. The van der Waals surface area contributed by atoms with Crippen LogP contribution in [0.2, 0.25) is 0 Å². The van der Waals surface area contributed by atoms with Gasteiger partial charge in [0.15, 0.2) is 0 Å². The van der Waals surface area contributed by atoms with Crippen LogP contribution in [-0.4, -0.2) is 4.57 Å². The Morgan fingerprint density at radius 3 is 2.15 bits per heavy atom. The Labute approximate surface area is 192 Å². The van der Waals surface area contributed by atoms with Crippen LogP contribution in [0.1, 0.15) is 27.8 Å². The Bertz CT molecular complexity index is 1780. The lowest BCUT2D eigenvalue weighted by atomic mass is 9.64. The minimum absolute atomic E-state index is 0.322. The van der Waals surface area contributed by atoms with Crippen molar-refractivity contribution < 1.29 is 0 Å². The molecule has 0 amide bonds. The third-order valence-corrected chi connectivity index (χ3v) is 7.92. The van der Waals surface area contributed by atoms with Crippen LogP contribution in [-0.2, 0) is 5.41 Å². The van der Waals surface area contributed by atoms with E-state index in [1.807, 2.05) is 0 Å². The molecule has 0 saturated carbocycles. The fourth-order valence-electron chi connectivity index (χ4n) is 6.83. The second-order valence-corrected chi connectivity index (χ2v) is 9.36. The Kier molecular flexibility index (Phi) is 3.08. The van der Waals surface area contributed by atoms with Crippen molar-refractivity contribution in [3.63, 3.8) is 0 Å². The van der Waals surface area contributed by atoms with Crippen LogP contribution in [0.15, 0.2) is 109 Å². The molecular formula is C32H21N. The molecule has 1 aliphatic carbocycles. The van der Waals surface area contributed by atoms with Gasteiger partial charge in [0.2, 0.25) is 0 Å². The fraction of sp³-hybridized carbons (Fsp3) is 0.0625. The second-order valence-electron chi connectivity index (χ2n) is 9.36. The molecule has 2 aliphatic rings. The first kappa shape index (κ1) is 17.5. The van der Waals surface area contributed by atoms with Crippen LogP contribution in [0.4, 0.5) is 0 Å². The summed E-state index contributed by atoms with van der Waals surface area (Å²) in [4.78, 5) is 0. The molecule has 33 heavy (non-hydrogen) atoms. The van der Waals surface area contributed by atoms with Gasteiger partial charge in [0, 0.05) is 10.8 Å². The zero-order valence-corrected chi connectivity index (χ0v) is 18.3. The highest BCUT2D eigenvalue weighted by molar-refractivity contribution is 6.12. The smallest absolute Gasteiger partial charge is 0.0757 e. The largest absolute Gasteiger partial charge is 0.309 e. The van der Waals surface area contributed by atoms with Gasteiger partial charge in [0.25, 0.3) is 0 Å². The van der Waals surface area contributed by atoms with Gasteiger partial charge in [0.1, 0.15) is 0 Å². The first-order valence-electron chi connectivity index (χ1n) is 11.6. The monoisotopic (exact) mass is 419 g/mol. The molecule has 1 spiro atoms. The minimum Gasteiger partial charge on any atom is -0.309 e. The van der Waals surface area contributed by atoms with Gasteiger partial charge in [0.05, 0.1) is 22.1 Å². The fourth-order valence-corrected chi connectivity index (χ4v) is 6.83. The van der Waals surface area contributed by atoms with E-state index in [0.29, 0.717) is 0 Å². The summed E-state index contributed by atoms with van der Waals surface area (Å²) < 4.78 is 2.50. The number of nitrogens with zero attached hydrogens (tertiary/aromatic N) is 1. The number of fused-ring (bicyclic) bond motifs is 12. The lowest BCUT2D eigenvalue weighted by Gasteiger charge is -2.40. The maximum absolute atomic E-state index is 2.50. The number of hydrogen-bond donors (Lipinski definition) is 0. The number of aromatic nitrogens is 1. The van der Waals surface area contributed by atoms with E-state index in [0.717, 1.165) is 0 Å². The van der Waals surface area contributed by atoms with Crippen LogP contribution >= 0.6 is 0 Å². The van der Waals surface area contributed by atoms with Crippen molar-refractivity contribution >= 4 is 21.8 Å². The van der Waals surface area contributed by atoms with Crippen molar-refractivity contribution in [3.8, 4) is 16.8 Å². The summed E-state index contributed by atoms with van der Waals surface area (Å²) in [5.41, 5.74) is 13.2. The first-order chi connectivity index (χ1) is 16.3. The molecule has 1 heteroatoms. The third-order valence-electron chi connectivity index (χ3n) is 7.92. The molecule has 0 fully saturated rings. The Hall–Kier alpha value is -4.10. The van der Waals surface area contributed by atoms with E-state index >= 15 is 0 Å². The molecule has 1 unspecified atom stereocenters. The zero-order valence-electron chi connectivity index (χ0n) is 18.3. The maximum Gasteiger partial charge on any atom is 0.0757 e. The first-order valence-corrected chi connectivity index (χ1v) is 11.6. The Balaban J connectivity index is 1.72. The van der Waals surface area contributed by atoms with Crippen molar-refractivity contribution in [1.82, 2.24) is 4.57 Å². The van der Waals surface area contributed by atoms with E-state index in [9.17, 15) is 0 Å².